The number of benzene rings is 5. The Labute approximate surface area is 204 Å². The summed E-state index contributed by atoms with van der Waals surface area (Å²) in [6, 6.07) is 37.6. The highest BCUT2D eigenvalue weighted by atomic mass is 15.0. The van der Waals surface area contributed by atoms with E-state index in [0.29, 0.717) is 0 Å². The van der Waals surface area contributed by atoms with E-state index in [2.05, 4.69) is 127 Å². The van der Waals surface area contributed by atoms with Crippen molar-refractivity contribution in [2.45, 2.75) is 19.3 Å². The number of para-hydroxylation sites is 3. The Bertz CT molecular complexity index is 1840. The van der Waals surface area contributed by atoms with Gasteiger partial charge in [0.1, 0.15) is 0 Å². The minimum Gasteiger partial charge on any atom is -0.355 e. The van der Waals surface area contributed by atoms with Gasteiger partial charge in [0.05, 0.1) is 16.7 Å². The van der Waals surface area contributed by atoms with Crippen molar-refractivity contribution in [3.05, 3.63) is 114 Å². The number of fused-ring (bicyclic) bond motifs is 6. The van der Waals surface area contributed by atoms with Crippen LogP contribution >= 0.6 is 0 Å². The first-order chi connectivity index (χ1) is 17.1. The second kappa shape index (κ2) is 6.43. The first-order valence-corrected chi connectivity index (χ1v) is 12.3. The van der Waals surface area contributed by atoms with Crippen LogP contribution in [-0.2, 0) is 5.41 Å². The lowest BCUT2D eigenvalue weighted by molar-refractivity contribution is 0.663. The van der Waals surface area contributed by atoms with E-state index in [1.807, 2.05) is 0 Å². The van der Waals surface area contributed by atoms with Crippen LogP contribution in [0.2, 0.25) is 0 Å². The smallest absolute Gasteiger partial charge is 0.0623 e. The molecule has 8 rings (SSSR count). The molecule has 0 atom stereocenters. The molecule has 0 fully saturated rings. The molecule has 0 bridgehead atoms. The molecule has 2 aliphatic rings. The SMILES string of the molecule is CC1(C)c2ccc3c4ccccc4n4c3c2-c2c(ccc(Nc3ccccc3)c21)-c1ccccc1-4. The van der Waals surface area contributed by atoms with Crippen LogP contribution < -0.4 is 5.32 Å². The minimum absolute atomic E-state index is 0.125. The molecule has 5 aromatic carbocycles. The van der Waals surface area contributed by atoms with Crippen LogP contribution in [0.25, 0.3) is 49.7 Å². The van der Waals surface area contributed by atoms with Crippen LogP contribution in [0.15, 0.2) is 103 Å². The zero-order valence-electron chi connectivity index (χ0n) is 19.8. The Hall–Kier alpha value is -4.30. The topological polar surface area (TPSA) is 17.0 Å². The molecular formula is C33H24N2. The lowest BCUT2D eigenvalue weighted by Gasteiger charge is -2.26. The zero-order valence-corrected chi connectivity index (χ0v) is 19.8. The van der Waals surface area contributed by atoms with Gasteiger partial charge in [-0.1, -0.05) is 86.6 Å². The number of rotatable bonds is 2. The Morgan fingerprint density at radius 2 is 1.40 bits per heavy atom. The minimum atomic E-state index is -0.125. The molecule has 6 aromatic rings. The Kier molecular flexibility index (Phi) is 3.50. The summed E-state index contributed by atoms with van der Waals surface area (Å²) in [6.07, 6.45) is 0. The van der Waals surface area contributed by atoms with Crippen molar-refractivity contribution in [3.8, 4) is 27.9 Å². The highest BCUT2D eigenvalue weighted by Crippen LogP contribution is 2.59. The van der Waals surface area contributed by atoms with Gasteiger partial charge < -0.3 is 9.88 Å². The van der Waals surface area contributed by atoms with Crippen molar-refractivity contribution in [3.63, 3.8) is 0 Å². The molecular weight excluding hydrogens is 424 g/mol. The summed E-state index contributed by atoms with van der Waals surface area (Å²) in [5.41, 5.74) is 14.2. The van der Waals surface area contributed by atoms with Crippen molar-refractivity contribution < 1.29 is 0 Å². The standard InChI is InChI=1S/C33H24N2/c1-33(2)25-18-16-24-22-13-7-9-15-28(22)35-27-14-8-6-12-21(27)23-17-19-26(34-20-10-4-3-5-11-20)31(33)29(23)30(25)32(24)35/h3-19,34H,1-2H3. The van der Waals surface area contributed by atoms with Crippen molar-refractivity contribution in [2.75, 3.05) is 5.32 Å². The summed E-state index contributed by atoms with van der Waals surface area (Å²) in [7, 11) is 0. The van der Waals surface area contributed by atoms with Gasteiger partial charge in [0, 0.05) is 38.7 Å². The maximum absolute atomic E-state index is 3.75. The molecule has 0 spiro atoms. The van der Waals surface area contributed by atoms with Crippen molar-refractivity contribution in [1.82, 2.24) is 4.57 Å². The van der Waals surface area contributed by atoms with Crippen LogP contribution in [0.3, 0.4) is 0 Å². The maximum atomic E-state index is 3.75. The van der Waals surface area contributed by atoms with Gasteiger partial charge in [0.25, 0.3) is 0 Å². The molecule has 1 N–H and O–H groups in total. The fraction of sp³-hybridized carbons (Fsp3) is 0.0909. The third-order valence-corrected chi connectivity index (χ3v) is 8.08. The highest BCUT2D eigenvalue weighted by molar-refractivity contribution is 6.19. The molecule has 35 heavy (non-hydrogen) atoms. The van der Waals surface area contributed by atoms with Crippen LogP contribution in [0.4, 0.5) is 11.4 Å². The molecule has 166 valence electrons. The first kappa shape index (κ1) is 19.1. The fourth-order valence-electron chi connectivity index (χ4n) is 6.63. The van der Waals surface area contributed by atoms with Crippen molar-refractivity contribution >= 4 is 33.2 Å². The van der Waals surface area contributed by atoms with E-state index in [1.165, 1.54) is 66.6 Å². The predicted octanol–water partition coefficient (Wildman–Crippen LogP) is 8.81. The van der Waals surface area contributed by atoms with Crippen LogP contribution in [0.5, 0.6) is 0 Å². The monoisotopic (exact) mass is 448 g/mol. The van der Waals surface area contributed by atoms with Gasteiger partial charge in [-0.05, 0) is 52.6 Å². The quantitative estimate of drug-likeness (QED) is 0.280. The van der Waals surface area contributed by atoms with Gasteiger partial charge in [-0.25, -0.2) is 0 Å². The van der Waals surface area contributed by atoms with Gasteiger partial charge >= 0.3 is 0 Å². The maximum Gasteiger partial charge on any atom is 0.0623 e. The highest BCUT2D eigenvalue weighted by Gasteiger charge is 2.42. The second-order valence-corrected chi connectivity index (χ2v) is 10.3. The molecule has 2 heterocycles. The molecule has 1 aromatic heterocycles. The van der Waals surface area contributed by atoms with Crippen LogP contribution in [0.1, 0.15) is 25.0 Å². The van der Waals surface area contributed by atoms with Crippen molar-refractivity contribution in [2.24, 2.45) is 0 Å². The van der Waals surface area contributed by atoms with Crippen molar-refractivity contribution in [1.29, 1.82) is 0 Å². The Morgan fingerprint density at radius 3 is 2.29 bits per heavy atom. The molecule has 2 nitrogen and oxygen atoms in total. The number of aromatic nitrogens is 1. The van der Waals surface area contributed by atoms with E-state index >= 15 is 0 Å². The van der Waals surface area contributed by atoms with E-state index in [1.54, 1.807) is 0 Å². The molecule has 1 aliphatic heterocycles. The van der Waals surface area contributed by atoms with Gasteiger partial charge in [-0.3, -0.25) is 0 Å². The summed E-state index contributed by atoms with van der Waals surface area (Å²) in [6.45, 7) is 4.76. The van der Waals surface area contributed by atoms with E-state index in [-0.39, 0.29) is 5.41 Å². The Morgan fingerprint density at radius 1 is 0.629 bits per heavy atom. The van der Waals surface area contributed by atoms with E-state index in [9.17, 15) is 0 Å². The lowest BCUT2D eigenvalue weighted by atomic mass is 9.80. The molecule has 0 saturated carbocycles. The molecule has 1 aliphatic carbocycles. The third-order valence-electron chi connectivity index (χ3n) is 8.08. The number of nitrogens with zero attached hydrogens (tertiary/aromatic N) is 1. The van der Waals surface area contributed by atoms with Crippen LogP contribution in [-0.4, -0.2) is 4.57 Å². The first-order valence-electron chi connectivity index (χ1n) is 12.3. The van der Waals surface area contributed by atoms with Gasteiger partial charge in [-0.15, -0.1) is 0 Å². The molecule has 0 amide bonds. The number of hydrogen-bond acceptors (Lipinski definition) is 1. The summed E-state index contributed by atoms with van der Waals surface area (Å²) >= 11 is 0. The van der Waals surface area contributed by atoms with E-state index in [0.717, 1.165) is 5.69 Å². The number of anilines is 2. The average molecular weight is 449 g/mol. The van der Waals surface area contributed by atoms with Gasteiger partial charge in [-0.2, -0.15) is 0 Å². The summed E-state index contributed by atoms with van der Waals surface area (Å²) < 4.78 is 2.51. The second-order valence-electron chi connectivity index (χ2n) is 10.3. The number of hydrogen-bond donors (Lipinski definition) is 1. The van der Waals surface area contributed by atoms with Gasteiger partial charge in [0.15, 0.2) is 0 Å². The van der Waals surface area contributed by atoms with E-state index in [4.69, 9.17) is 0 Å². The molecule has 0 unspecified atom stereocenters. The largest absolute Gasteiger partial charge is 0.355 e. The molecule has 2 heteroatoms. The average Bonchev–Trinajstić information content (AvgIpc) is 3.30. The summed E-state index contributed by atoms with van der Waals surface area (Å²) in [4.78, 5) is 0. The molecule has 0 radical (unpaired) electrons. The number of nitrogens with one attached hydrogen (secondary N) is 1. The van der Waals surface area contributed by atoms with E-state index < -0.39 is 0 Å². The Balaban J connectivity index is 1.59. The summed E-state index contributed by atoms with van der Waals surface area (Å²) in [5.74, 6) is 0. The molecule has 0 saturated heterocycles. The van der Waals surface area contributed by atoms with Crippen LogP contribution in [0, 0.1) is 0 Å². The predicted molar refractivity (Wildman–Crippen MR) is 147 cm³/mol. The lowest BCUT2D eigenvalue weighted by Crippen LogP contribution is -2.17. The third kappa shape index (κ3) is 2.29. The summed E-state index contributed by atoms with van der Waals surface area (Å²) in [5, 5.41) is 6.39. The normalized spacial score (nSPS) is 14.2. The zero-order chi connectivity index (χ0) is 23.3. The van der Waals surface area contributed by atoms with Gasteiger partial charge in [0.2, 0.25) is 0 Å². The fourth-order valence-corrected chi connectivity index (χ4v) is 6.63.